The van der Waals surface area contributed by atoms with E-state index in [4.69, 9.17) is 14.2 Å². The van der Waals surface area contributed by atoms with E-state index in [0.717, 1.165) is 3.79 Å². The molecule has 3 rings (SSSR count). The van der Waals surface area contributed by atoms with E-state index in [9.17, 15) is 9.59 Å². The lowest BCUT2D eigenvalue weighted by atomic mass is 10.2. The molecule has 7 heteroatoms. The highest BCUT2D eigenvalue weighted by molar-refractivity contribution is 9.11. The minimum absolute atomic E-state index is 0.138. The summed E-state index contributed by atoms with van der Waals surface area (Å²) < 4.78 is 16.2. The summed E-state index contributed by atoms with van der Waals surface area (Å²) in [5, 5.41) is 0. The highest BCUT2D eigenvalue weighted by atomic mass is 79.9. The van der Waals surface area contributed by atoms with E-state index in [-0.39, 0.29) is 19.2 Å². The first kappa shape index (κ1) is 14.1. The number of hydrogen-bond donors (Lipinski definition) is 0. The molecular weight excluding hydrogens is 360 g/mol. The van der Waals surface area contributed by atoms with Gasteiger partial charge in [0.1, 0.15) is 0 Å². The van der Waals surface area contributed by atoms with Gasteiger partial charge in [-0.1, -0.05) is 0 Å². The predicted octanol–water partition coefficient (Wildman–Crippen LogP) is 3.28. The van der Waals surface area contributed by atoms with Crippen LogP contribution in [0.5, 0.6) is 11.5 Å². The summed E-state index contributed by atoms with van der Waals surface area (Å²) in [6.45, 7) is -0.153. The van der Waals surface area contributed by atoms with Gasteiger partial charge in [0.25, 0.3) is 0 Å². The number of hydrogen-bond acceptors (Lipinski definition) is 6. The molecule has 1 aromatic carbocycles. The molecule has 0 N–H and O–H groups in total. The summed E-state index contributed by atoms with van der Waals surface area (Å²) in [4.78, 5) is 24.3. The van der Waals surface area contributed by atoms with Crippen molar-refractivity contribution < 1.29 is 23.8 Å². The van der Waals surface area contributed by atoms with E-state index in [1.165, 1.54) is 17.4 Å². The van der Waals surface area contributed by atoms with E-state index in [0.29, 0.717) is 21.9 Å². The van der Waals surface area contributed by atoms with Crippen LogP contribution in [-0.4, -0.2) is 25.2 Å². The molecule has 1 aromatic heterocycles. The first-order valence-electron chi connectivity index (χ1n) is 5.99. The fourth-order valence-corrected chi connectivity index (χ4v) is 3.08. The van der Waals surface area contributed by atoms with Gasteiger partial charge in [-0.25, -0.2) is 4.79 Å². The van der Waals surface area contributed by atoms with Crippen LogP contribution in [0.25, 0.3) is 0 Å². The fraction of sp³-hybridized carbons (Fsp3) is 0.143. The maximum absolute atomic E-state index is 11.9. The van der Waals surface area contributed by atoms with Crippen LogP contribution in [0, 0.1) is 0 Å². The number of ether oxygens (including phenoxy) is 3. The minimum Gasteiger partial charge on any atom is -0.454 e. The number of ketones is 1. The van der Waals surface area contributed by atoms with Crippen molar-refractivity contribution in [3.63, 3.8) is 0 Å². The average molecular weight is 369 g/mol. The summed E-state index contributed by atoms with van der Waals surface area (Å²) in [5.41, 5.74) is 0.319. The Morgan fingerprint density at radius 1 is 1.19 bits per heavy atom. The van der Waals surface area contributed by atoms with Crippen molar-refractivity contribution in [2.24, 2.45) is 0 Å². The number of fused-ring (bicyclic) bond motifs is 1. The molecule has 0 bridgehead atoms. The maximum Gasteiger partial charge on any atom is 0.338 e. The number of thiophene rings is 1. The van der Waals surface area contributed by atoms with Crippen LogP contribution < -0.4 is 9.47 Å². The third kappa shape index (κ3) is 3.08. The number of benzene rings is 1. The molecule has 1 aliphatic heterocycles. The standard InChI is InChI=1S/C14H9BrO5S/c15-13-4-3-12(21-13)9(16)6-18-14(17)8-1-2-10-11(5-8)20-7-19-10/h1-5H,6-7H2. The second-order valence-corrected chi connectivity index (χ2v) is 6.63. The van der Waals surface area contributed by atoms with Gasteiger partial charge in [-0.2, -0.15) is 0 Å². The van der Waals surface area contributed by atoms with Crippen LogP contribution in [-0.2, 0) is 4.74 Å². The smallest absolute Gasteiger partial charge is 0.338 e. The fourth-order valence-electron chi connectivity index (χ4n) is 1.77. The van der Waals surface area contributed by atoms with Crippen LogP contribution >= 0.6 is 27.3 Å². The SMILES string of the molecule is O=C(OCC(=O)c1ccc(Br)s1)c1ccc2c(c1)OCO2. The summed E-state index contributed by atoms with van der Waals surface area (Å²) in [5.74, 6) is 0.279. The van der Waals surface area contributed by atoms with E-state index < -0.39 is 5.97 Å². The van der Waals surface area contributed by atoms with Crippen molar-refractivity contribution in [2.45, 2.75) is 0 Å². The Morgan fingerprint density at radius 3 is 2.76 bits per heavy atom. The Kier molecular flexibility index (Phi) is 3.94. The van der Waals surface area contributed by atoms with Crippen LogP contribution in [0.15, 0.2) is 34.1 Å². The Bertz CT molecular complexity index is 709. The van der Waals surface area contributed by atoms with Crippen LogP contribution in [0.3, 0.4) is 0 Å². The van der Waals surface area contributed by atoms with Gasteiger partial charge in [-0.3, -0.25) is 4.79 Å². The summed E-state index contributed by atoms with van der Waals surface area (Å²) in [6, 6.07) is 8.21. The number of halogens is 1. The molecule has 21 heavy (non-hydrogen) atoms. The summed E-state index contributed by atoms with van der Waals surface area (Å²) in [7, 11) is 0. The molecule has 0 spiro atoms. The Morgan fingerprint density at radius 2 is 2.00 bits per heavy atom. The van der Waals surface area contributed by atoms with Gasteiger partial charge in [-0.05, 0) is 46.3 Å². The third-order valence-corrected chi connectivity index (χ3v) is 4.46. The molecule has 5 nitrogen and oxygen atoms in total. The van der Waals surface area contributed by atoms with Crippen molar-refractivity contribution >= 4 is 39.0 Å². The quantitative estimate of drug-likeness (QED) is 0.612. The highest BCUT2D eigenvalue weighted by Crippen LogP contribution is 2.32. The summed E-state index contributed by atoms with van der Waals surface area (Å²) in [6.07, 6.45) is 0. The molecule has 0 saturated heterocycles. The first-order chi connectivity index (χ1) is 10.1. The van der Waals surface area contributed by atoms with Gasteiger partial charge < -0.3 is 14.2 Å². The molecule has 1 aliphatic rings. The van der Waals surface area contributed by atoms with Gasteiger partial charge in [0.05, 0.1) is 14.2 Å². The second-order valence-electron chi connectivity index (χ2n) is 4.17. The Labute approximate surface area is 132 Å². The Hall–Kier alpha value is -1.86. The van der Waals surface area contributed by atoms with E-state index >= 15 is 0 Å². The largest absolute Gasteiger partial charge is 0.454 e. The molecule has 0 atom stereocenters. The molecule has 0 unspecified atom stereocenters. The lowest BCUT2D eigenvalue weighted by Gasteiger charge is -2.04. The van der Waals surface area contributed by atoms with E-state index in [1.807, 2.05) is 0 Å². The lowest BCUT2D eigenvalue weighted by molar-refractivity contribution is 0.0475. The number of esters is 1. The monoisotopic (exact) mass is 368 g/mol. The van der Waals surface area contributed by atoms with Crippen molar-refractivity contribution in [1.29, 1.82) is 0 Å². The van der Waals surface area contributed by atoms with Crippen LogP contribution in [0.1, 0.15) is 20.0 Å². The number of rotatable bonds is 4. The van der Waals surface area contributed by atoms with E-state index in [1.54, 1.807) is 24.3 Å². The third-order valence-electron chi connectivity index (χ3n) is 2.79. The summed E-state index contributed by atoms with van der Waals surface area (Å²) >= 11 is 4.58. The topological polar surface area (TPSA) is 61.8 Å². The molecule has 0 amide bonds. The number of Topliss-reactive ketones (excluding diaryl/α,β-unsaturated/α-hetero) is 1. The van der Waals surface area contributed by atoms with E-state index in [2.05, 4.69) is 15.9 Å². The van der Waals surface area contributed by atoms with Crippen LogP contribution in [0.2, 0.25) is 0 Å². The highest BCUT2D eigenvalue weighted by Gasteiger charge is 2.18. The van der Waals surface area contributed by atoms with Gasteiger partial charge in [0, 0.05) is 0 Å². The van der Waals surface area contributed by atoms with Gasteiger partial charge >= 0.3 is 5.97 Å². The zero-order chi connectivity index (χ0) is 14.8. The molecule has 0 aliphatic carbocycles. The zero-order valence-electron chi connectivity index (χ0n) is 10.6. The van der Waals surface area contributed by atoms with Crippen molar-refractivity contribution in [1.82, 2.24) is 0 Å². The molecule has 0 fully saturated rings. The van der Waals surface area contributed by atoms with Gasteiger partial charge in [0.2, 0.25) is 12.6 Å². The molecule has 2 heterocycles. The number of carbonyl (C=O) groups is 2. The first-order valence-corrected chi connectivity index (χ1v) is 7.60. The normalized spacial score (nSPS) is 12.2. The number of carbonyl (C=O) groups excluding carboxylic acids is 2. The Balaban J connectivity index is 1.63. The van der Waals surface area contributed by atoms with Crippen molar-refractivity contribution in [3.05, 3.63) is 44.6 Å². The maximum atomic E-state index is 11.9. The molecule has 0 saturated carbocycles. The van der Waals surface area contributed by atoms with Crippen LogP contribution in [0.4, 0.5) is 0 Å². The van der Waals surface area contributed by atoms with Gasteiger partial charge in [-0.15, -0.1) is 11.3 Å². The molecule has 0 radical (unpaired) electrons. The second kappa shape index (κ2) is 5.87. The molecule has 108 valence electrons. The predicted molar refractivity (Wildman–Crippen MR) is 79.2 cm³/mol. The average Bonchev–Trinajstić information content (AvgIpc) is 3.12. The minimum atomic E-state index is -0.572. The lowest BCUT2D eigenvalue weighted by Crippen LogP contribution is -2.13. The molecular formula is C14H9BrO5S. The molecule has 2 aromatic rings. The van der Waals surface area contributed by atoms with Crippen molar-refractivity contribution in [2.75, 3.05) is 13.4 Å². The van der Waals surface area contributed by atoms with Gasteiger partial charge in [0.15, 0.2) is 18.1 Å². The van der Waals surface area contributed by atoms with Crippen molar-refractivity contribution in [3.8, 4) is 11.5 Å². The zero-order valence-corrected chi connectivity index (χ0v) is 13.0.